The van der Waals surface area contributed by atoms with Gasteiger partial charge in [-0.1, -0.05) is 30.8 Å². The molecule has 10 heteroatoms. The lowest BCUT2D eigenvalue weighted by atomic mass is 10.1. The number of nitrogens with one attached hydrogen (secondary N) is 1. The van der Waals surface area contributed by atoms with Crippen LogP contribution in [0, 0.1) is 5.92 Å². The Balaban J connectivity index is 1.54. The number of hydrogen-bond donors (Lipinski definition) is 1. The van der Waals surface area contributed by atoms with Gasteiger partial charge in [0.1, 0.15) is 16.2 Å². The largest absolute Gasteiger partial charge is 0.339 e. The van der Waals surface area contributed by atoms with Crippen LogP contribution in [-0.4, -0.2) is 29.7 Å². The molecule has 3 aromatic heterocycles. The number of hydrogen-bond acceptors (Lipinski definition) is 8. The van der Waals surface area contributed by atoms with Crippen molar-refractivity contribution in [3.8, 4) is 0 Å². The number of rotatable bonds is 7. The van der Waals surface area contributed by atoms with Crippen molar-refractivity contribution in [3.63, 3.8) is 0 Å². The topological polar surface area (TPSA) is 120 Å². The summed E-state index contributed by atoms with van der Waals surface area (Å²) < 4.78 is 6.93. The van der Waals surface area contributed by atoms with Crippen molar-refractivity contribution in [1.82, 2.24) is 29.7 Å². The molecule has 0 bridgehead atoms. The zero-order chi connectivity index (χ0) is 20.1. The molecule has 2 aliphatic rings. The Kier molecular flexibility index (Phi) is 4.53. The van der Waals surface area contributed by atoms with Crippen molar-refractivity contribution < 1.29 is 4.52 Å². The predicted molar refractivity (Wildman–Crippen MR) is 107 cm³/mol. The molecule has 2 saturated carbocycles. The maximum absolute atomic E-state index is 12.6. The van der Waals surface area contributed by atoms with Gasteiger partial charge in [-0.05, 0) is 31.6 Å². The van der Waals surface area contributed by atoms with Crippen LogP contribution in [0.25, 0.3) is 11.0 Å². The van der Waals surface area contributed by atoms with E-state index < -0.39 is 11.2 Å². The Labute approximate surface area is 170 Å². The molecule has 1 N–H and O–H groups in total. The van der Waals surface area contributed by atoms with E-state index in [-0.39, 0.29) is 6.04 Å². The molecular formula is C19H22N6O3S. The minimum atomic E-state index is -0.444. The van der Waals surface area contributed by atoms with E-state index in [0.717, 1.165) is 32.1 Å². The van der Waals surface area contributed by atoms with Crippen LogP contribution in [0.15, 0.2) is 19.1 Å². The Bertz CT molecular complexity index is 1190. The Morgan fingerprint density at radius 2 is 1.97 bits per heavy atom. The molecule has 0 saturated heterocycles. The van der Waals surface area contributed by atoms with Gasteiger partial charge in [-0.3, -0.25) is 14.3 Å². The molecule has 0 amide bonds. The van der Waals surface area contributed by atoms with Gasteiger partial charge in [-0.25, -0.2) is 14.8 Å². The molecule has 5 rings (SSSR count). The maximum atomic E-state index is 12.6. The first-order valence-electron chi connectivity index (χ1n) is 10.0. The lowest BCUT2D eigenvalue weighted by molar-refractivity contribution is 0.360. The highest BCUT2D eigenvalue weighted by molar-refractivity contribution is 7.98. The summed E-state index contributed by atoms with van der Waals surface area (Å²) in [5, 5.41) is 4.98. The van der Waals surface area contributed by atoms with E-state index in [4.69, 9.17) is 4.52 Å². The molecule has 2 aliphatic carbocycles. The molecule has 0 spiro atoms. The standard InChI is InChI=1S/C19H22N6O3S/c1-9(2)7-13-20-12(24-28-13)8-29-18-14-16(21-15(22-18)10-3-4-10)25(11-5-6-11)19(27)23-17(14)26/h9-11H,3-8H2,1-2H3,(H,23,26,27). The number of aromatic nitrogens is 6. The van der Waals surface area contributed by atoms with Crippen LogP contribution in [0.5, 0.6) is 0 Å². The van der Waals surface area contributed by atoms with Gasteiger partial charge in [0.2, 0.25) is 5.89 Å². The highest BCUT2D eigenvalue weighted by Crippen LogP contribution is 2.41. The molecule has 152 valence electrons. The van der Waals surface area contributed by atoms with Crippen molar-refractivity contribution in [2.24, 2.45) is 5.92 Å². The van der Waals surface area contributed by atoms with Crippen LogP contribution in [0.1, 0.15) is 69.0 Å². The second-order valence-electron chi connectivity index (χ2n) is 8.21. The third kappa shape index (κ3) is 3.73. The Morgan fingerprint density at radius 1 is 1.17 bits per heavy atom. The van der Waals surface area contributed by atoms with Gasteiger partial charge < -0.3 is 4.52 Å². The van der Waals surface area contributed by atoms with Crippen molar-refractivity contribution in [3.05, 3.63) is 38.4 Å². The first kappa shape index (κ1) is 18.5. The van der Waals surface area contributed by atoms with Crippen LogP contribution in [0.3, 0.4) is 0 Å². The van der Waals surface area contributed by atoms with Crippen LogP contribution in [0.2, 0.25) is 0 Å². The third-order valence-electron chi connectivity index (χ3n) is 5.05. The van der Waals surface area contributed by atoms with E-state index in [9.17, 15) is 9.59 Å². The zero-order valence-electron chi connectivity index (χ0n) is 16.3. The number of fused-ring (bicyclic) bond motifs is 1. The molecular weight excluding hydrogens is 392 g/mol. The molecule has 3 aromatic rings. The zero-order valence-corrected chi connectivity index (χ0v) is 17.2. The van der Waals surface area contributed by atoms with Crippen molar-refractivity contribution in [1.29, 1.82) is 0 Å². The Morgan fingerprint density at radius 3 is 2.66 bits per heavy atom. The lowest BCUT2D eigenvalue weighted by Gasteiger charge is -2.11. The predicted octanol–water partition coefficient (Wildman–Crippen LogP) is 2.57. The van der Waals surface area contributed by atoms with Crippen LogP contribution in [-0.2, 0) is 12.2 Å². The van der Waals surface area contributed by atoms with Crippen molar-refractivity contribution in [2.45, 2.75) is 68.7 Å². The minimum Gasteiger partial charge on any atom is -0.339 e. The number of aromatic amines is 1. The summed E-state index contributed by atoms with van der Waals surface area (Å²) in [6.07, 6.45) is 4.65. The van der Waals surface area contributed by atoms with E-state index in [0.29, 0.717) is 51.2 Å². The number of H-pyrrole nitrogens is 1. The second-order valence-corrected chi connectivity index (χ2v) is 9.18. The highest BCUT2D eigenvalue weighted by atomic mass is 32.2. The van der Waals surface area contributed by atoms with Gasteiger partial charge >= 0.3 is 5.69 Å². The number of thioether (sulfide) groups is 1. The minimum absolute atomic E-state index is 0.109. The lowest BCUT2D eigenvalue weighted by Crippen LogP contribution is -2.31. The van der Waals surface area contributed by atoms with Crippen molar-refractivity contribution in [2.75, 3.05) is 0 Å². The molecule has 3 heterocycles. The SMILES string of the molecule is CC(C)Cc1nc(CSc2nc(C3CC3)nc3c2c(=O)[nH]c(=O)n3C2CC2)no1. The van der Waals surface area contributed by atoms with Gasteiger partial charge in [0, 0.05) is 18.4 Å². The Hall–Kier alpha value is -2.49. The van der Waals surface area contributed by atoms with Crippen LogP contribution in [0.4, 0.5) is 0 Å². The normalized spacial score (nSPS) is 16.8. The van der Waals surface area contributed by atoms with Crippen LogP contribution >= 0.6 is 11.8 Å². The first-order chi connectivity index (χ1) is 14.0. The number of nitrogens with zero attached hydrogens (tertiary/aromatic N) is 5. The molecule has 9 nitrogen and oxygen atoms in total. The third-order valence-corrected chi connectivity index (χ3v) is 6.03. The summed E-state index contributed by atoms with van der Waals surface area (Å²) in [4.78, 5) is 41.2. The first-order valence-corrected chi connectivity index (χ1v) is 11.0. The van der Waals surface area contributed by atoms with E-state index in [1.165, 1.54) is 11.8 Å². The molecule has 0 atom stereocenters. The van der Waals surface area contributed by atoms with Crippen LogP contribution < -0.4 is 11.2 Å². The molecule has 0 radical (unpaired) electrons. The monoisotopic (exact) mass is 414 g/mol. The van der Waals surface area contributed by atoms with Gasteiger partial charge in [0.05, 0.1) is 5.75 Å². The second kappa shape index (κ2) is 7.08. The average Bonchev–Trinajstić information content (AvgIpc) is 3.58. The fourth-order valence-corrected chi connectivity index (χ4v) is 4.22. The smallest absolute Gasteiger partial charge is 0.330 e. The van der Waals surface area contributed by atoms with Gasteiger partial charge in [0.25, 0.3) is 5.56 Å². The van der Waals surface area contributed by atoms with Gasteiger partial charge in [-0.2, -0.15) is 4.98 Å². The summed E-state index contributed by atoms with van der Waals surface area (Å²) in [6.45, 7) is 4.19. The fraction of sp³-hybridized carbons (Fsp3) is 0.579. The quantitative estimate of drug-likeness (QED) is 0.463. The van der Waals surface area contributed by atoms with E-state index in [2.05, 4.69) is 38.9 Å². The highest BCUT2D eigenvalue weighted by Gasteiger charge is 2.32. The molecule has 0 aliphatic heterocycles. The van der Waals surface area contributed by atoms with E-state index >= 15 is 0 Å². The summed E-state index contributed by atoms with van der Waals surface area (Å²) >= 11 is 1.38. The molecule has 29 heavy (non-hydrogen) atoms. The molecule has 2 fully saturated rings. The average molecular weight is 414 g/mol. The van der Waals surface area contributed by atoms with Gasteiger partial charge in [-0.15, -0.1) is 0 Å². The summed E-state index contributed by atoms with van der Waals surface area (Å²) in [6, 6.07) is 0.109. The summed E-state index contributed by atoms with van der Waals surface area (Å²) in [5.41, 5.74) is -0.382. The summed E-state index contributed by atoms with van der Waals surface area (Å²) in [7, 11) is 0. The maximum Gasteiger partial charge on any atom is 0.330 e. The van der Waals surface area contributed by atoms with E-state index in [1.54, 1.807) is 4.57 Å². The van der Waals surface area contributed by atoms with Crippen molar-refractivity contribution >= 4 is 22.8 Å². The molecule has 0 unspecified atom stereocenters. The fourth-order valence-electron chi connectivity index (χ4n) is 3.35. The summed E-state index contributed by atoms with van der Waals surface area (Å²) in [5.74, 6) is 3.07. The van der Waals surface area contributed by atoms with E-state index in [1.807, 2.05) is 0 Å². The van der Waals surface area contributed by atoms with Gasteiger partial charge in [0.15, 0.2) is 11.5 Å². The molecule has 0 aromatic carbocycles.